The third-order valence-corrected chi connectivity index (χ3v) is 8.43. The Morgan fingerprint density at radius 3 is 2.29 bits per heavy atom. The van der Waals surface area contributed by atoms with Gasteiger partial charge in [0, 0.05) is 17.7 Å². The monoisotopic (exact) mass is 566 g/mol. The standard InChI is InChI=1S/C27H36FN2O6PS/c1-7-19(6)23(15-12-20(8-2)16-29)30(18-37(34,35-10-4)36-11-5)25(32)17-38-27-22(28)14-13-21(26(27)33)24(31)9-3/h8,12-15,33H,7,9-11,17-18H2,1-6H3/b15-12-,20-8+,23-19-. The van der Waals surface area contributed by atoms with Crippen LogP contribution in [0.15, 0.2) is 52.1 Å². The molecule has 0 spiro atoms. The molecule has 0 atom stereocenters. The van der Waals surface area contributed by atoms with E-state index in [-0.39, 0.29) is 41.6 Å². The van der Waals surface area contributed by atoms with Crippen LogP contribution in [0.3, 0.4) is 0 Å². The fourth-order valence-electron chi connectivity index (χ4n) is 3.30. The molecule has 0 bridgehead atoms. The topological polar surface area (TPSA) is 117 Å². The van der Waals surface area contributed by atoms with Crippen LogP contribution >= 0.6 is 19.4 Å². The third-order valence-electron chi connectivity index (χ3n) is 5.43. The Balaban J connectivity index is 3.55. The van der Waals surface area contributed by atoms with E-state index in [9.17, 15) is 28.9 Å². The molecule has 0 saturated carbocycles. The summed E-state index contributed by atoms with van der Waals surface area (Å²) in [5.41, 5.74) is 1.48. The van der Waals surface area contributed by atoms with E-state index in [1.54, 1.807) is 52.8 Å². The first-order chi connectivity index (χ1) is 18.0. The van der Waals surface area contributed by atoms with Crippen LogP contribution in [0.2, 0.25) is 0 Å². The Labute approximate surface area is 228 Å². The SMILES string of the molecule is C\C=C(C#N)/C=C\C(=C(/C)CC)N(CP(=O)(OCC)OCC)C(=O)CSc1c(F)ccc(C(=O)CC)c1O. The summed E-state index contributed by atoms with van der Waals surface area (Å²) >= 11 is 0.725. The van der Waals surface area contributed by atoms with Crippen molar-refractivity contribution in [1.82, 2.24) is 4.90 Å². The minimum Gasteiger partial charge on any atom is -0.506 e. The van der Waals surface area contributed by atoms with Crippen molar-refractivity contribution in [3.05, 3.63) is 58.6 Å². The van der Waals surface area contributed by atoms with Crippen LogP contribution < -0.4 is 0 Å². The number of halogens is 1. The molecule has 1 rings (SSSR count). The highest BCUT2D eigenvalue weighted by Gasteiger charge is 2.32. The van der Waals surface area contributed by atoms with Crippen molar-refractivity contribution in [2.75, 3.05) is 25.3 Å². The van der Waals surface area contributed by atoms with Gasteiger partial charge in [0.25, 0.3) is 0 Å². The molecular formula is C27H36FN2O6PS. The van der Waals surface area contributed by atoms with Gasteiger partial charge in [0.15, 0.2) is 5.78 Å². The number of ketones is 1. The molecule has 1 amide bonds. The lowest BCUT2D eigenvalue weighted by atomic mass is 10.1. The number of aromatic hydroxyl groups is 1. The number of nitrogens with zero attached hydrogens (tertiary/aromatic N) is 2. The Hall–Kier alpha value is -2.70. The van der Waals surface area contributed by atoms with Crippen molar-refractivity contribution in [2.45, 2.75) is 59.3 Å². The Morgan fingerprint density at radius 1 is 1.16 bits per heavy atom. The van der Waals surface area contributed by atoms with Crippen molar-refractivity contribution >= 4 is 31.0 Å². The fraction of sp³-hybridized carbons (Fsp3) is 0.444. The molecule has 8 nitrogen and oxygen atoms in total. The molecule has 1 aromatic carbocycles. The summed E-state index contributed by atoms with van der Waals surface area (Å²) in [6.07, 6.45) is 4.98. The van der Waals surface area contributed by atoms with Crippen LogP contribution in [0, 0.1) is 17.1 Å². The van der Waals surface area contributed by atoms with E-state index in [4.69, 9.17) is 9.05 Å². The van der Waals surface area contributed by atoms with Gasteiger partial charge in [-0.05, 0) is 64.0 Å². The lowest BCUT2D eigenvalue weighted by molar-refractivity contribution is -0.125. The zero-order chi connectivity index (χ0) is 28.9. The number of hydrogen-bond donors (Lipinski definition) is 1. The predicted octanol–water partition coefficient (Wildman–Crippen LogP) is 6.98. The number of thioether (sulfide) groups is 1. The first-order valence-corrected chi connectivity index (χ1v) is 15.0. The van der Waals surface area contributed by atoms with E-state index < -0.39 is 31.4 Å². The number of Topliss-reactive ketones (excluding diaryl/α,β-unsaturated/α-hetero) is 1. The van der Waals surface area contributed by atoms with Crippen molar-refractivity contribution < 1.29 is 32.7 Å². The van der Waals surface area contributed by atoms with Gasteiger partial charge in [-0.1, -0.05) is 19.9 Å². The normalized spacial score (nSPS) is 12.8. The summed E-state index contributed by atoms with van der Waals surface area (Å²) in [5.74, 6) is -2.58. The highest BCUT2D eigenvalue weighted by Crippen LogP contribution is 2.49. The second kappa shape index (κ2) is 16.3. The van der Waals surface area contributed by atoms with Crippen molar-refractivity contribution in [2.24, 2.45) is 0 Å². The molecule has 1 N–H and O–H groups in total. The van der Waals surface area contributed by atoms with Gasteiger partial charge in [-0.25, -0.2) is 4.39 Å². The molecule has 0 heterocycles. The quantitative estimate of drug-likeness (QED) is 0.0795. The van der Waals surface area contributed by atoms with Gasteiger partial charge in [0.2, 0.25) is 5.91 Å². The molecule has 0 saturated heterocycles. The van der Waals surface area contributed by atoms with Gasteiger partial charge in [-0.3, -0.25) is 19.1 Å². The number of allylic oxidation sites excluding steroid dienone is 5. The maximum atomic E-state index is 14.6. The van der Waals surface area contributed by atoms with E-state index in [2.05, 4.69) is 0 Å². The molecule has 1 aromatic rings. The van der Waals surface area contributed by atoms with Crippen LogP contribution in [0.5, 0.6) is 5.75 Å². The third kappa shape index (κ3) is 9.25. The number of nitriles is 1. The van der Waals surface area contributed by atoms with Gasteiger partial charge in [0.1, 0.15) is 17.9 Å². The number of carbonyl (C=O) groups excluding carboxylic acids is 2. The predicted molar refractivity (Wildman–Crippen MR) is 147 cm³/mol. The number of benzene rings is 1. The van der Waals surface area contributed by atoms with Gasteiger partial charge in [-0.2, -0.15) is 5.26 Å². The molecular weight excluding hydrogens is 530 g/mol. The summed E-state index contributed by atoms with van der Waals surface area (Å²) in [6.45, 7) is 10.5. The fourth-order valence-corrected chi connectivity index (χ4v) is 5.85. The van der Waals surface area contributed by atoms with E-state index >= 15 is 0 Å². The first kappa shape index (κ1) is 33.3. The number of hydrogen-bond acceptors (Lipinski definition) is 8. The lowest BCUT2D eigenvalue weighted by Crippen LogP contribution is -2.33. The van der Waals surface area contributed by atoms with E-state index in [0.29, 0.717) is 17.7 Å². The van der Waals surface area contributed by atoms with Crippen LogP contribution in [-0.4, -0.2) is 46.9 Å². The van der Waals surface area contributed by atoms with Gasteiger partial charge in [0.05, 0.1) is 35.5 Å². The van der Waals surface area contributed by atoms with Crippen molar-refractivity contribution in [1.29, 1.82) is 5.26 Å². The number of rotatable bonds is 15. The molecule has 0 aliphatic carbocycles. The van der Waals surface area contributed by atoms with E-state index in [1.807, 2.05) is 13.0 Å². The zero-order valence-electron chi connectivity index (χ0n) is 22.7. The Kier molecular flexibility index (Phi) is 14.3. The van der Waals surface area contributed by atoms with Crippen LogP contribution in [0.25, 0.3) is 0 Å². The Bertz CT molecular complexity index is 1180. The molecule has 38 heavy (non-hydrogen) atoms. The van der Waals surface area contributed by atoms with Crippen LogP contribution in [-0.2, 0) is 18.4 Å². The molecule has 11 heteroatoms. The van der Waals surface area contributed by atoms with Gasteiger partial charge >= 0.3 is 7.60 Å². The molecule has 208 valence electrons. The summed E-state index contributed by atoms with van der Waals surface area (Å²) in [7, 11) is -3.75. The number of amides is 1. The number of phenols is 1. The minimum absolute atomic E-state index is 0.0290. The minimum atomic E-state index is -3.75. The maximum absolute atomic E-state index is 14.6. The summed E-state index contributed by atoms with van der Waals surface area (Å²) in [4.78, 5) is 26.7. The van der Waals surface area contributed by atoms with Crippen molar-refractivity contribution in [3.63, 3.8) is 0 Å². The smallest absolute Gasteiger partial charge is 0.350 e. The Morgan fingerprint density at radius 2 is 1.79 bits per heavy atom. The lowest BCUT2D eigenvalue weighted by Gasteiger charge is -2.29. The molecule has 0 radical (unpaired) electrons. The number of carbonyl (C=O) groups is 2. The molecule has 0 aliphatic heterocycles. The first-order valence-electron chi connectivity index (χ1n) is 12.3. The van der Waals surface area contributed by atoms with E-state index in [0.717, 1.165) is 23.4 Å². The van der Waals surface area contributed by atoms with E-state index in [1.165, 1.54) is 11.0 Å². The van der Waals surface area contributed by atoms with Gasteiger partial charge in [-0.15, -0.1) is 11.8 Å². The average Bonchev–Trinajstić information content (AvgIpc) is 2.89. The molecule has 0 aliphatic rings. The summed E-state index contributed by atoms with van der Waals surface area (Å²) < 4.78 is 38.9. The molecule has 0 aromatic heterocycles. The molecule has 0 unspecified atom stereocenters. The largest absolute Gasteiger partial charge is 0.506 e. The van der Waals surface area contributed by atoms with Crippen LogP contribution in [0.1, 0.15) is 64.7 Å². The maximum Gasteiger partial charge on any atom is 0.350 e. The summed E-state index contributed by atoms with van der Waals surface area (Å²) in [6, 6.07) is 4.32. The summed E-state index contributed by atoms with van der Waals surface area (Å²) in [5, 5.41) is 19.8. The number of phenolic OH excluding ortho intramolecular Hbond substituents is 1. The highest BCUT2D eigenvalue weighted by atomic mass is 32.2. The van der Waals surface area contributed by atoms with Crippen LogP contribution in [0.4, 0.5) is 4.39 Å². The van der Waals surface area contributed by atoms with Crippen molar-refractivity contribution in [3.8, 4) is 11.8 Å². The van der Waals surface area contributed by atoms with Gasteiger partial charge < -0.3 is 14.2 Å². The highest BCUT2D eigenvalue weighted by molar-refractivity contribution is 8.00. The average molecular weight is 567 g/mol. The second-order valence-electron chi connectivity index (χ2n) is 7.96. The zero-order valence-corrected chi connectivity index (χ0v) is 24.5. The molecule has 0 fully saturated rings. The second-order valence-corrected chi connectivity index (χ2v) is 11.0.